The fourth-order valence-electron chi connectivity index (χ4n) is 3.38. The molecule has 0 spiro atoms. The Hall–Kier alpha value is -2.38. The Morgan fingerprint density at radius 1 is 0.929 bits per heavy atom. The zero-order valence-corrected chi connectivity index (χ0v) is 24.1. The molecule has 16 nitrogen and oxygen atoms in total. The van der Waals surface area contributed by atoms with Gasteiger partial charge in [-0.05, 0) is 0 Å². The molecule has 0 aromatic rings. The summed E-state index contributed by atoms with van der Waals surface area (Å²) in [6.07, 6.45) is -7.19. The molecular weight excluding hydrogens is 571 g/mol. The van der Waals surface area contributed by atoms with Crippen molar-refractivity contribution in [2.45, 2.75) is 61.4 Å². The molecule has 1 amide bonds. The van der Waals surface area contributed by atoms with Crippen LogP contribution < -0.4 is 5.32 Å². The lowest BCUT2D eigenvalue weighted by Crippen LogP contribution is -2.60. The number of nitrogens with one attached hydrogen (secondary N) is 1. The Balaban J connectivity index is 0. The Bertz CT molecular complexity index is 793. The van der Waals surface area contributed by atoms with Gasteiger partial charge in [-0.2, -0.15) is 0 Å². The number of nitrogens with zero attached hydrogens (tertiary/aromatic N) is 1. The van der Waals surface area contributed by atoms with Crippen molar-refractivity contribution in [3.05, 3.63) is 25.3 Å². The fourth-order valence-corrected chi connectivity index (χ4v) is 3.38. The number of rotatable bonds is 11. The molecule has 0 aliphatic carbocycles. The third-order valence-corrected chi connectivity index (χ3v) is 5.35. The first-order chi connectivity index (χ1) is 20.5. The summed E-state index contributed by atoms with van der Waals surface area (Å²) in [5.74, 6) is 0. The van der Waals surface area contributed by atoms with Gasteiger partial charge in [0.05, 0.1) is 28.3 Å². The predicted molar refractivity (Wildman–Crippen MR) is 144 cm³/mol. The first-order valence-electron chi connectivity index (χ1n) is 13.0. The molecular formula is C25H45FN2O14. The van der Waals surface area contributed by atoms with E-state index in [1.54, 1.807) is 0 Å². The first kappa shape index (κ1) is 39.6. The van der Waals surface area contributed by atoms with Crippen molar-refractivity contribution in [2.24, 2.45) is 4.99 Å². The molecule has 0 aromatic heterocycles. The average Bonchev–Trinajstić information content (AvgIpc) is 3.00. The van der Waals surface area contributed by atoms with E-state index in [1.165, 1.54) is 46.7 Å². The van der Waals surface area contributed by atoms with Crippen molar-refractivity contribution < 1.29 is 74.0 Å². The van der Waals surface area contributed by atoms with Gasteiger partial charge in [0.1, 0.15) is 42.7 Å². The van der Waals surface area contributed by atoms with E-state index >= 15 is 0 Å². The summed E-state index contributed by atoms with van der Waals surface area (Å²) in [7, 11) is 4.58. The van der Waals surface area contributed by atoms with E-state index in [1.807, 2.05) is 0 Å². The molecule has 2 rings (SSSR count). The highest BCUT2D eigenvalue weighted by molar-refractivity contribution is 5.67. The summed E-state index contributed by atoms with van der Waals surface area (Å²) < 4.78 is 50.6. The van der Waals surface area contributed by atoms with Crippen LogP contribution in [0.4, 0.5) is 9.18 Å². The maximum atomic E-state index is 11.5. The molecule has 10 unspecified atom stereocenters. The summed E-state index contributed by atoms with van der Waals surface area (Å²) in [6.45, 7) is 7.58. The molecule has 0 radical (unpaired) electrons. The normalized spacial score (nSPS) is 31.9. The average molecular weight is 618 g/mol. The number of halogens is 1. The monoisotopic (exact) mass is 617 g/mol. The lowest BCUT2D eigenvalue weighted by atomic mass is 9.99. The quantitative estimate of drug-likeness (QED) is 0.0854. The molecule has 2 fully saturated rings. The Labute approximate surface area is 245 Å². The number of isocyanates is 1. The highest BCUT2D eigenvalue weighted by Gasteiger charge is 2.47. The van der Waals surface area contributed by atoms with Crippen molar-refractivity contribution in [1.29, 1.82) is 0 Å². The van der Waals surface area contributed by atoms with Gasteiger partial charge in [0, 0.05) is 35.0 Å². The highest BCUT2D eigenvalue weighted by Crippen LogP contribution is 2.24. The molecule has 2 saturated heterocycles. The van der Waals surface area contributed by atoms with E-state index in [4.69, 9.17) is 34.5 Å². The fraction of sp³-hybridized carbons (Fsp3) is 0.760. The van der Waals surface area contributed by atoms with E-state index in [0.717, 1.165) is 0 Å². The van der Waals surface area contributed by atoms with Crippen LogP contribution in [0.25, 0.3) is 0 Å². The van der Waals surface area contributed by atoms with Crippen LogP contribution in [0.2, 0.25) is 0 Å². The number of amides is 1. The molecule has 0 saturated carbocycles. The number of alkyl carbamates (subject to hydrolysis) is 1. The van der Waals surface area contributed by atoms with Crippen LogP contribution in [-0.4, -0.2) is 161 Å². The molecule has 246 valence electrons. The zero-order chi connectivity index (χ0) is 33.4. The number of aliphatic hydroxyl groups is 5. The lowest BCUT2D eigenvalue weighted by molar-refractivity contribution is -0.295. The predicted octanol–water partition coefficient (Wildman–Crippen LogP) is -1.81. The second-order valence-corrected chi connectivity index (χ2v) is 8.18. The van der Waals surface area contributed by atoms with E-state index < -0.39 is 74.7 Å². The Kier molecular flexibility index (Phi) is 23.7. The van der Waals surface area contributed by atoms with Gasteiger partial charge in [-0.3, -0.25) is 4.39 Å². The number of carbonyl (C=O) groups is 1. The van der Waals surface area contributed by atoms with Gasteiger partial charge < -0.3 is 64.0 Å². The topological polar surface area (TPSA) is 224 Å². The SMILES string of the molecule is C=CCN=C=O.C=CCNC(=O)OC1C(COC)OC(OC)C(O)C1O.COCC1OC(OC)C(O)C(O)C1O.[2H]CF. The minimum Gasteiger partial charge on any atom is -0.440 e. The Morgan fingerprint density at radius 3 is 1.86 bits per heavy atom. The van der Waals surface area contributed by atoms with Crippen LogP contribution in [0.15, 0.2) is 30.3 Å². The van der Waals surface area contributed by atoms with Crippen LogP contribution in [0, 0.1) is 0 Å². The van der Waals surface area contributed by atoms with Gasteiger partial charge in [-0.25, -0.2) is 14.6 Å². The van der Waals surface area contributed by atoms with Crippen LogP contribution in [0.1, 0.15) is 1.37 Å². The van der Waals surface area contributed by atoms with Gasteiger partial charge in [-0.15, -0.1) is 13.2 Å². The number of alkyl halides is 1. The van der Waals surface area contributed by atoms with E-state index in [9.17, 15) is 39.5 Å². The third kappa shape index (κ3) is 14.7. The number of hydrogen-bond donors (Lipinski definition) is 6. The van der Waals surface area contributed by atoms with Gasteiger partial charge in [0.2, 0.25) is 6.08 Å². The second kappa shape index (κ2) is 25.1. The maximum absolute atomic E-state index is 11.5. The smallest absolute Gasteiger partial charge is 0.407 e. The number of aliphatic imine (C=N–C) groups is 1. The summed E-state index contributed by atoms with van der Waals surface area (Å²) in [4.78, 5) is 23.9. The van der Waals surface area contributed by atoms with Crippen LogP contribution >= 0.6 is 0 Å². The molecule has 2 heterocycles. The molecule has 2 aliphatic heterocycles. The molecule has 42 heavy (non-hydrogen) atoms. The summed E-state index contributed by atoms with van der Waals surface area (Å²) in [5.41, 5.74) is 0. The molecule has 17 heteroatoms. The van der Waals surface area contributed by atoms with E-state index in [-0.39, 0.29) is 19.8 Å². The number of methoxy groups -OCH3 is 4. The number of hydrogen-bond acceptors (Lipinski definition) is 15. The molecule has 10 atom stereocenters. The number of carbonyl (C=O) groups excluding carboxylic acids is 2. The second-order valence-electron chi connectivity index (χ2n) is 8.18. The Morgan fingerprint density at radius 2 is 1.43 bits per heavy atom. The molecule has 2 aliphatic rings. The van der Waals surface area contributed by atoms with Gasteiger partial charge >= 0.3 is 6.09 Å². The van der Waals surface area contributed by atoms with Gasteiger partial charge in [0.25, 0.3) is 0 Å². The van der Waals surface area contributed by atoms with Crippen LogP contribution in [0.3, 0.4) is 0 Å². The summed E-state index contributed by atoms with van der Waals surface area (Å²) in [6, 6.07) is 0. The minimum absolute atomic E-state index is 0.0725. The molecule has 0 aromatic carbocycles. The van der Waals surface area contributed by atoms with E-state index in [2.05, 4.69) is 23.5 Å². The van der Waals surface area contributed by atoms with Crippen molar-refractivity contribution in [3.63, 3.8) is 0 Å². The molecule has 6 N–H and O–H groups in total. The number of aliphatic hydroxyl groups excluding tert-OH is 5. The maximum Gasteiger partial charge on any atom is 0.407 e. The van der Waals surface area contributed by atoms with Gasteiger partial charge in [-0.1, -0.05) is 12.2 Å². The van der Waals surface area contributed by atoms with Crippen molar-refractivity contribution in [3.8, 4) is 0 Å². The van der Waals surface area contributed by atoms with Crippen LogP contribution in [0.5, 0.6) is 0 Å². The van der Waals surface area contributed by atoms with Gasteiger partial charge in [0.15, 0.2) is 18.7 Å². The number of ether oxygens (including phenoxy) is 7. The summed E-state index contributed by atoms with van der Waals surface area (Å²) in [5, 5.41) is 50.5. The molecule has 0 bridgehead atoms. The highest BCUT2D eigenvalue weighted by atomic mass is 19.1. The standard InChI is InChI=1S/C12H21NO7.C8H16O6.C4H5NO.CH3F/c1-4-5-13-12(16)20-10-7(6-17-2)19-11(18-3)9(15)8(10)14;1-12-3-4-5(9)6(10)7(11)8(13-2)14-4;1-2-3-5-4-6;1-2/h4,7-11,14-15H,1,5-6H2,2-3H3,(H,13,16);4-11H,3H2,1-2H3;2H,1,3H2;1H3/i;;;1D. The lowest BCUT2D eigenvalue weighted by Gasteiger charge is -2.41. The zero-order valence-electron chi connectivity index (χ0n) is 25.1. The largest absolute Gasteiger partial charge is 0.440 e. The van der Waals surface area contributed by atoms with E-state index in [0.29, 0.717) is 6.54 Å². The van der Waals surface area contributed by atoms with Crippen molar-refractivity contribution in [1.82, 2.24) is 5.32 Å². The first-order valence-corrected chi connectivity index (χ1v) is 12.3. The van der Waals surface area contributed by atoms with Crippen molar-refractivity contribution in [2.75, 3.05) is 61.9 Å². The minimum atomic E-state index is -1.34. The van der Waals surface area contributed by atoms with Crippen molar-refractivity contribution >= 4 is 12.2 Å². The van der Waals surface area contributed by atoms with Crippen LogP contribution in [-0.2, 0) is 38.0 Å². The summed E-state index contributed by atoms with van der Waals surface area (Å²) >= 11 is 0. The third-order valence-electron chi connectivity index (χ3n) is 5.35.